The molecule has 0 aliphatic carbocycles. The molecule has 1 aromatic carbocycles. The predicted octanol–water partition coefficient (Wildman–Crippen LogP) is 4.30. The van der Waals surface area contributed by atoms with Crippen LogP contribution in [0.5, 0.6) is 5.75 Å². The molecule has 2 heterocycles. The molecule has 0 unspecified atom stereocenters. The molecule has 0 N–H and O–H groups in total. The van der Waals surface area contributed by atoms with Gasteiger partial charge in [-0.05, 0) is 65.9 Å². The van der Waals surface area contributed by atoms with E-state index in [0.717, 1.165) is 25.4 Å². The zero-order chi connectivity index (χ0) is 18.4. The zero-order valence-corrected chi connectivity index (χ0v) is 15.6. The van der Waals surface area contributed by atoms with Crippen molar-refractivity contribution in [1.82, 2.24) is 14.9 Å². The van der Waals surface area contributed by atoms with E-state index in [9.17, 15) is 0 Å². The Morgan fingerprint density at radius 1 is 0.846 bits per heavy atom. The summed E-state index contributed by atoms with van der Waals surface area (Å²) in [6.07, 6.45) is 7.44. The Balaban J connectivity index is 1.84. The summed E-state index contributed by atoms with van der Waals surface area (Å²) in [7, 11) is 1.72. The van der Waals surface area contributed by atoms with Crippen LogP contribution >= 0.6 is 0 Å². The summed E-state index contributed by atoms with van der Waals surface area (Å²) in [4.78, 5) is 10.8. The highest BCUT2D eigenvalue weighted by Crippen LogP contribution is 2.24. The highest BCUT2D eigenvalue weighted by Gasteiger charge is 2.12. The molecular formula is C22H25N3O. The fraction of sp³-hybridized carbons (Fsp3) is 0.273. The van der Waals surface area contributed by atoms with Crippen LogP contribution in [0, 0.1) is 13.8 Å². The summed E-state index contributed by atoms with van der Waals surface area (Å²) >= 11 is 0. The predicted molar refractivity (Wildman–Crippen MR) is 104 cm³/mol. The minimum absolute atomic E-state index is 0.848. The third kappa shape index (κ3) is 4.67. The third-order valence-electron chi connectivity index (χ3n) is 4.53. The van der Waals surface area contributed by atoms with E-state index >= 15 is 0 Å². The van der Waals surface area contributed by atoms with Crippen molar-refractivity contribution in [2.45, 2.75) is 33.5 Å². The van der Waals surface area contributed by atoms with Crippen LogP contribution in [0.15, 0.2) is 61.2 Å². The summed E-state index contributed by atoms with van der Waals surface area (Å²) in [5.41, 5.74) is 6.20. The number of hydrogen-bond donors (Lipinski definition) is 0. The van der Waals surface area contributed by atoms with Crippen molar-refractivity contribution >= 4 is 0 Å². The molecule has 0 bridgehead atoms. The first-order chi connectivity index (χ1) is 12.7. The van der Waals surface area contributed by atoms with Crippen LogP contribution in [-0.2, 0) is 19.6 Å². The maximum Gasteiger partial charge on any atom is 0.122 e. The minimum atomic E-state index is 0.848. The summed E-state index contributed by atoms with van der Waals surface area (Å²) < 4.78 is 5.45. The molecular weight excluding hydrogens is 322 g/mol. The first kappa shape index (κ1) is 18.1. The smallest absolute Gasteiger partial charge is 0.122 e. The van der Waals surface area contributed by atoms with Gasteiger partial charge in [-0.15, -0.1) is 0 Å². The van der Waals surface area contributed by atoms with E-state index in [4.69, 9.17) is 4.74 Å². The fourth-order valence-corrected chi connectivity index (χ4v) is 3.14. The zero-order valence-electron chi connectivity index (χ0n) is 15.6. The number of benzene rings is 1. The van der Waals surface area contributed by atoms with Crippen LogP contribution in [0.2, 0.25) is 0 Å². The average Bonchev–Trinajstić information content (AvgIpc) is 2.66. The van der Waals surface area contributed by atoms with Crippen molar-refractivity contribution in [2.24, 2.45) is 0 Å². The van der Waals surface area contributed by atoms with Gasteiger partial charge in [0.25, 0.3) is 0 Å². The number of aryl methyl sites for hydroxylation is 2. The highest BCUT2D eigenvalue weighted by molar-refractivity contribution is 5.41. The monoisotopic (exact) mass is 347 g/mol. The lowest BCUT2D eigenvalue weighted by Gasteiger charge is -2.24. The Morgan fingerprint density at radius 3 is 2.31 bits per heavy atom. The van der Waals surface area contributed by atoms with Crippen molar-refractivity contribution in [1.29, 1.82) is 0 Å². The van der Waals surface area contributed by atoms with Gasteiger partial charge >= 0.3 is 0 Å². The lowest BCUT2D eigenvalue weighted by Crippen LogP contribution is -2.23. The first-order valence-corrected chi connectivity index (χ1v) is 8.80. The van der Waals surface area contributed by atoms with E-state index < -0.39 is 0 Å². The van der Waals surface area contributed by atoms with E-state index in [1.165, 1.54) is 27.8 Å². The molecule has 0 amide bonds. The van der Waals surface area contributed by atoms with Crippen molar-refractivity contribution in [3.63, 3.8) is 0 Å². The number of hydrogen-bond acceptors (Lipinski definition) is 4. The average molecular weight is 347 g/mol. The normalized spacial score (nSPS) is 10.9. The Kier molecular flexibility index (Phi) is 5.97. The van der Waals surface area contributed by atoms with E-state index in [1.807, 2.05) is 30.9 Å². The third-order valence-corrected chi connectivity index (χ3v) is 4.53. The van der Waals surface area contributed by atoms with E-state index in [2.05, 4.69) is 59.0 Å². The molecule has 0 aliphatic heterocycles. The molecule has 4 heteroatoms. The van der Waals surface area contributed by atoms with Crippen molar-refractivity contribution in [3.8, 4) is 5.75 Å². The molecule has 3 rings (SSSR count). The highest BCUT2D eigenvalue weighted by atomic mass is 16.5. The Bertz CT molecular complexity index is 793. The van der Waals surface area contributed by atoms with Gasteiger partial charge in [0.2, 0.25) is 0 Å². The van der Waals surface area contributed by atoms with Gasteiger partial charge in [0.05, 0.1) is 7.11 Å². The molecule has 134 valence electrons. The molecule has 0 fully saturated rings. The molecule has 0 radical (unpaired) electrons. The van der Waals surface area contributed by atoms with Crippen LogP contribution in [0.4, 0.5) is 0 Å². The second-order valence-corrected chi connectivity index (χ2v) is 6.61. The van der Waals surface area contributed by atoms with Gasteiger partial charge in [-0.25, -0.2) is 0 Å². The molecule has 0 atom stereocenters. The van der Waals surface area contributed by atoms with Crippen LogP contribution < -0.4 is 4.74 Å². The summed E-state index contributed by atoms with van der Waals surface area (Å²) in [5.74, 6) is 0.944. The molecule has 2 aromatic heterocycles. The SMILES string of the molecule is COc1cc(C)c(CN(Cc2ccncc2)Cc2cccnc2)cc1C. The summed E-state index contributed by atoms with van der Waals surface area (Å²) in [6, 6.07) is 12.6. The van der Waals surface area contributed by atoms with E-state index in [0.29, 0.717) is 0 Å². The van der Waals surface area contributed by atoms with Crippen molar-refractivity contribution in [2.75, 3.05) is 7.11 Å². The van der Waals surface area contributed by atoms with Crippen LogP contribution in [-0.4, -0.2) is 22.0 Å². The Morgan fingerprint density at radius 2 is 1.62 bits per heavy atom. The molecule has 4 nitrogen and oxygen atoms in total. The topological polar surface area (TPSA) is 38.2 Å². The fourth-order valence-electron chi connectivity index (χ4n) is 3.14. The molecule has 0 saturated heterocycles. The maximum atomic E-state index is 5.45. The van der Waals surface area contributed by atoms with Gasteiger partial charge < -0.3 is 4.74 Å². The minimum Gasteiger partial charge on any atom is -0.496 e. The molecule has 0 saturated carbocycles. The number of aromatic nitrogens is 2. The molecule has 0 spiro atoms. The molecule has 3 aromatic rings. The Labute approximate surface area is 155 Å². The van der Waals surface area contributed by atoms with E-state index in [1.54, 1.807) is 7.11 Å². The Hall–Kier alpha value is -2.72. The maximum absolute atomic E-state index is 5.45. The number of methoxy groups -OCH3 is 1. The van der Waals surface area contributed by atoms with E-state index in [-0.39, 0.29) is 0 Å². The quantitative estimate of drug-likeness (QED) is 0.638. The number of rotatable bonds is 7. The lowest BCUT2D eigenvalue weighted by molar-refractivity contribution is 0.246. The number of ether oxygens (including phenoxy) is 1. The van der Waals surface area contributed by atoms with Gasteiger partial charge in [0, 0.05) is 44.4 Å². The number of pyridine rings is 2. The molecule has 26 heavy (non-hydrogen) atoms. The van der Waals surface area contributed by atoms with Crippen LogP contribution in [0.3, 0.4) is 0 Å². The number of nitrogens with zero attached hydrogens (tertiary/aromatic N) is 3. The first-order valence-electron chi connectivity index (χ1n) is 8.80. The summed E-state index contributed by atoms with van der Waals surface area (Å²) in [6.45, 7) is 6.82. The van der Waals surface area contributed by atoms with Gasteiger partial charge in [-0.2, -0.15) is 0 Å². The second kappa shape index (κ2) is 8.59. The van der Waals surface area contributed by atoms with Crippen molar-refractivity contribution in [3.05, 3.63) is 89.0 Å². The van der Waals surface area contributed by atoms with Crippen LogP contribution in [0.25, 0.3) is 0 Å². The van der Waals surface area contributed by atoms with Crippen molar-refractivity contribution < 1.29 is 4.74 Å². The summed E-state index contributed by atoms with van der Waals surface area (Å²) in [5, 5.41) is 0. The largest absolute Gasteiger partial charge is 0.496 e. The molecule has 0 aliphatic rings. The standard InChI is InChI=1S/C22H25N3O/c1-17-12-22(26-3)18(2)11-21(17)16-25(14-19-6-9-23-10-7-19)15-20-5-4-8-24-13-20/h4-13H,14-16H2,1-3H3. The van der Waals surface area contributed by atoms with Gasteiger partial charge in [-0.3, -0.25) is 14.9 Å². The van der Waals surface area contributed by atoms with Crippen LogP contribution in [0.1, 0.15) is 27.8 Å². The van der Waals surface area contributed by atoms with Gasteiger partial charge in [-0.1, -0.05) is 12.1 Å². The second-order valence-electron chi connectivity index (χ2n) is 6.61. The lowest BCUT2D eigenvalue weighted by atomic mass is 10.0. The van der Waals surface area contributed by atoms with Gasteiger partial charge in [0.15, 0.2) is 0 Å². The van der Waals surface area contributed by atoms with Gasteiger partial charge in [0.1, 0.15) is 5.75 Å².